The number of rotatable bonds is 5. The Morgan fingerprint density at radius 2 is 2.11 bits per heavy atom. The maximum atomic E-state index is 12.7. The van der Waals surface area contributed by atoms with E-state index in [1.165, 1.54) is 6.07 Å². The number of methoxy groups -OCH3 is 1. The zero-order valence-corrected chi connectivity index (χ0v) is 9.70. The molecule has 1 aromatic rings. The second-order valence-corrected chi connectivity index (χ2v) is 3.43. The van der Waals surface area contributed by atoms with Gasteiger partial charge in [-0.3, -0.25) is 0 Å². The van der Waals surface area contributed by atoms with Crippen LogP contribution in [-0.2, 0) is 4.74 Å². The first-order valence-corrected chi connectivity index (χ1v) is 4.91. The van der Waals surface area contributed by atoms with Crippen molar-refractivity contribution in [3.63, 3.8) is 0 Å². The van der Waals surface area contributed by atoms with Gasteiger partial charge >= 0.3 is 18.3 Å². The number of nitrogens with zero attached hydrogens (tertiary/aromatic N) is 1. The van der Waals surface area contributed by atoms with Gasteiger partial charge in [-0.2, -0.15) is 8.78 Å². The molecule has 1 heterocycles. The highest BCUT2D eigenvalue weighted by Crippen LogP contribution is 2.26. The second kappa shape index (κ2) is 5.72. The van der Waals surface area contributed by atoms with Gasteiger partial charge in [0.05, 0.1) is 12.8 Å². The molecule has 1 rings (SSSR count). The Morgan fingerprint density at radius 1 is 1.47 bits per heavy atom. The average molecular weight is 282 g/mol. The fraction of sp³-hybridized carbons (Fsp3) is 0.400. The van der Waals surface area contributed by atoms with Gasteiger partial charge in [0.25, 0.3) is 0 Å². The second-order valence-electron chi connectivity index (χ2n) is 3.43. The van der Waals surface area contributed by atoms with Crippen LogP contribution < -0.4 is 10.5 Å². The number of aromatic nitrogens is 1. The van der Waals surface area contributed by atoms with Gasteiger partial charge in [0.1, 0.15) is 0 Å². The standard InChI is InChI=1S/C10H10F4N2O3/c1-18-8(17)6-3-2-5(15)7(16-6)19-4-10(13,14)9(11)12/h2-3,9H,4,15H2,1H3. The van der Waals surface area contributed by atoms with Crippen molar-refractivity contribution in [3.05, 3.63) is 17.8 Å². The van der Waals surface area contributed by atoms with E-state index in [4.69, 9.17) is 5.73 Å². The van der Waals surface area contributed by atoms with Crippen LogP contribution in [0.4, 0.5) is 23.2 Å². The summed E-state index contributed by atoms with van der Waals surface area (Å²) >= 11 is 0. The predicted molar refractivity (Wildman–Crippen MR) is 56.4 cm³/mol. The number of nitrogens with two attached hydrogens (primary N) is 1. The molecule has 0 atom stereocenters. The Balaban J connectivity index is 2.86. The number of alkyl halides is 4. The summed E-state index contributed by atoms with van der Waals surface area (Å²) in [5.41, 5.74) is 4.95. The Morgan fingerprint density at radius 3 is 2.63 bits per heavy atom. The summed E-state index contributed by atoms with van der Waals surface area (Å²) in [4.78, 5) is 14.6. The highest BCUT2D eigenvalue weighted by molar-refractivity contribution is 5.87. The molecule has 9 heteroatoms. The summed E-state index contributed by atoms with van der Waals surface area (Å²) in [6.45, 7) is -1.60. The van der Waals surface area contributed by atoms with E-state index in [0.29, 0.717) is 0 Å². The normalized spacial score (nSPS) is 11.5. The lowest BCUT2D eigenvalue weighted by Gasteiger charge is -2.16. The number of carbonyl (C=O) groups is 1. The highest BCUT2D eigenvalue weighted by atomic mass is 19.3. The summed E-state index contributed by atoms with van der Waals surface area (Å²) in [7, 11) is 1.09. The van der Waals surface area contributed by atoms with Crippen molar-refractivity contribution in [2.24, 2.45) is 0 Å². The number of nitrogen functional groups attached to an aromatic ring is 1. The van der Waals surface area contributed by atoms with Crippen molar-refractivity contribution in [2.75, 3.05) is 19.5 Å². The van der Waals surface area contributed by atoms with Crippen molar-refractivity contribution in [3.8, 4) is 5.88 Å². The SMILES string of the molecule is COC(=O)c1ccc(N)c(OCC(F)(F)C(F)F)n1. The van der Waals surface area contributed by atoms with Gasteiger partial charge in [-0.1, -0.05) is 0 Å². The molecular formula is C10H10F4N2O3. The number of carbonyl (C=O) groups excluding carboxylic acids is 1. The summed E-state index contributed by atoms with van der Waals surface area (Å²) in [5.74, 6) is -5.72. The van der Waals surface area contributed by atoms with Gasteiger partial charge in [-0.15, -0.1) is 0 Å². The molecule has 106 valence electrons. The maximum Gasteiger partial charge on any atom is 0.356 e. The van der Waals surface area contributed by atoms with E-state index < -0.39 is 30.8 Å². The third kappa shape index (κ3) is 3.70. The van der Waals surface area contributed by atoms with Crippen LogP contribution >= 0.6 is 0 Å². The van der Waals surface area contributed by atoms with Crippen molar-refractivity contribution < 1.29 is 31.8 Å². The maximum absolute atomic E-state index is 12.7. The Hall–Kier alpha value is -2.06. The van der Waals surface area contributed by atoms with Crippen molar-refractivity contribution in [2.45, 2.75) is 12.3 Å². The fourth-order valence-corrected chi connectivity index (χ4v) is 1.01. The molecule has 0 saturated carbocycles. The lowest BCUT2D eigenvalue weighted by molar-refractivity contribution is -0.148. The lowest BCUT2D eigenvalue weighted by atomic mass is 10.3. The molecule has 0 radical (unpaired) electrons. The summed E-state index contributed by atoms with van der Waals surface area (Å²) in [5, 5.41) is 0. The van der Waals surface area contributed by atoms with Crippen molar-refractivity contribution >= 4 is 11.7 Å². The molecule has 0 aliphatic carbocycles. The van der Waals surface area contributed by atoms with Gasteiger partial charge in [0.15, 0.2) is 12.3 Å². The molecule has 0 spiro atoms. The summed E-state index contributed by atoms with van der Waals surface area (Å²) < 4.78 is 57.9. The summed E-state index contributed by atoms with van der Waals surface area (Å²) in [6.07, 6.45) is -3.88. The van der Waals surface area contributed by atoms with Gasteiger partial charge in [0, 0.05) is 0 Å². The minimum absolute atomic E-state index is 0.169. The Kier molecular flexibility index (Phi) is 4.52. The number of halogens is 4. The first kappa shape index (κ1) is 15.0. The minimum Gasteiger partial charge on any atom is -0.470 e. The summed E-state index contributed by atoms with van der Waals surface area (Å²) in [6, 6.07) is 2.34. The van der Waals surface area contributed by atoms with Gasteiger partial charge in [-0.25, -0.2) is 18.6 Å². The van der Waals surface area contributed by atoms with E-state index in [1.54, 1.807) is 0 Å². The van der Waals surface area contributed by atoms with Gasteiger partial charge in [-0.05, 0) is 12.1 Å². The van der Waals surface area contributed by atoms with E-state index in [-0.39, 0.29) is 11.4 Å². The van der Waals surface area contributed by atoms with Crippen LogP contribution in [0.3, 0.4) is 0 Å². The van der Waals surface area contributed by atoms with Crippen LogP contribution in [-0.4, -0.2) is 37.0 Å². The monoisotopic (exact) mass is 282 g/mol. The Bertz CT molecular complexity index is 468. The number of hydrogen-bond acceptors (Lipinski definition) is 5. The van der Waals surface area contributed by atoms with Crippen LogP contribution in [0.2, 0.25) is 0 Å². The molecule has 5 nitrogen and oxygen atoms in total. The molecule has 0 saturated heterocycles. The molecule has 0 aliphatic rings. The molecule has 0 fully saturated rings. The molecule has 0 aliphatic heterocycles. The highest BCUT2D eigenvalue weighted by Gasteiger charge is 2.42. The molecular weight excluding hydrogens is 272 g/mol. The molecule has 19 heavy (non-hydrogen) atoms. The third-order valence-corrected chi connectivity index (χ3v) is 2.00. The zero-order chi connectivity index (χ0) is 14.6. The van der Waals surface area contributed by atoms with Crippen LogP contribution in [0.25, 0.3) is 0 Å². The number of pyridine rings is 1. The first-order valence-electron chi connectivity index (χ1n) is 4.91. The molecule has 1 aromatic heterocycles. The molecule has 0 unspecified atom stereocenters. The smallest absolute Gasteiger partial charge is 0.356 e. The fourth-order valence-electron chi connectivity index (χ4n) is 1.01. The number of hydrogen-bond donors (Lipinski definition) is 1. The van der Waals surface area contributed by atoms with Crippen LogP contribution in [0, 0.1) is 0 Å². The predicted octanol–water partition coefficient (Wildman–Crippen LogP) is 1.73. The van der Waals surface area contributed by atoms with Crippen molar-refractivity contribution in [1.82, 2.24) is 4.98 Å². The topological polar surface area (TPSA) is 74.4 Å². The minimum atomic E-state index is -4.34. The van der Waals surface area contributed by atoms with E-state index in [0.717, 1.165) is 13.2 Å². The van der Waals surface area contributed by atoms with E-state index in [2.05, 4.69) is 14.5 Å². The Labute approximate surface area is 105 Å². The van der Waals surface area contributed by atoms with Gasteiger partial charge < -0.3 is 15.2 Å². The molecule has 0 amide bonds. The number of ether oxygens (including phenoxy) is 2. The molecule has 0 aromatic carbocycles. The third-order valence-electron chi connectivity index (χ3n) is 2.00. The van der Waals surface area contributed by atoms with E-state index >= 15 is 0 Å². The average Bonchev–Trinajstić information content (AvgIpc) is 2.36. The molecule has 0 bridgehead atoms. The number of anilines is 1. The molecule has 2 N–H and O–H groups in total. The van der Waals surface area contributed by atoms with Crippen molar-refractivity contribution in [1.29, 1.82) is 0 Å². The van der Waals surface area contributed by atoms with E-state index in [9.17, 15) is 22.4 Å². The first-order chi connectivity index (χ1) is 8.77. The van der Waals surface area contributed by atoms with Crippen LogP contribution in [0.5, 0.6) is 5.88 Å². The van der Waals surface area contributed by atoms with Crippen LogP contribution in [0.1, 0.15) is 10.5 Å². The quantitative estimate of drug-likeness (QED) is 0.657. The van der Waals surface area contributed by atoms with Gasteiger partial charge in [0.2, 0.25) is 5.88 Å². The zero-order valence-electron chi connectivity index (χ0n) is 9.70. The number of esters is 1. The van der Waals surface area contributed by atoms with E-state index in [1.807, 2.05) is 0 Å². The lowest BCUT2D eigenvalue weighted by Crippen LogP contribution is -2.34. The largest absolute Gasteiger partial charge is 0.470 e. The van der Waals surface area contributed by atoms with Crippen LogP contribution in [0.15, 0.2) is 12.1 Å².